The Labute approximate surface area is 148 Å². The molecule has 2 aromatic carbocycles. The van der Waals surface area contributed by atoms with E-state index in [1.165, 1.54) is 6.07 Å². The van der Waals surface area contributed by atoms with Gasteiger partial charge >= 0.3 is 0 Å². The number of hydrogen-bond donors (Lipinski definition) is 1. The molecule has 0 atom stereocenters. The van der Waals surface area contributed by atoms with Gasteiger partial charge in [0.05, 0.1) is 0 Å². The van der Waals surface area contributed by atoms with E-state index in [4.69, 9.17) is 5.73 Å². The van der Waals surface area contributed by atoms with Crippen LogP contribution >= 0.6 is 12.4 Å². The third-order valence-corrected chi connectivity index (χ3v) is 4.47. The molecule has 128 valence electrons. The van der Waals surface area contributed by atoms with Crippen molar-refractivity contribution in [2.75, 3.05) is 18.8 Å². The van der Waals surface area contributed by atoms with Crippen LogP contribution in [0.4, 0.5) is 10.1 Å². The molecule has 3 rings (SSSR count). The SMILES string of the molecule is Cl.Nc1ccc(C(=O)N2CCC(Cc3cccc(F)c3)CC2)cc1. The third-order valence-electron chi connectivity index (χ3n) is 4.47. The van der Waals surface area contributed by atoms with Crippen LogP contribution in [0.25, 0.3) is 0 Å². The Morgan fingerprint density at radius 3 is 2.42 bits per heavy atom. The van der Waals surface area contributed by atoms with E-state index in [-0.39, 0.29) is 24.1 Å². The predicted octanol–water partition coefficient (Wildman–Crippen LogP) is 3.92. The highest BCUT2D eigenvalue weighted by molar-refractivity contribution is 5.94. The minimum atomic E-state index is -0.182. The van der Waals surface area contributed by atoms with Gasteiger partial charge in [0, 0.05) is 24.3 Å². The van der Waals surface area contributed by atoms with Gasteiger partial charge in [0.25, 0.3) is 5.91 Å². The zero-order valence-electron chi connectivity index (χ0n) is 13.5. The maximum atomic E-state index is 13.2. The summed E-state index contributed by atoms with van der Waals surface area (Å²) in [5.41, 5.74) is 8.04. The van der Waals surface area contributed by atoms with Crippen molar-refractivity contribution in [3.8, 4) is 0 Å². The van der Waals surface area contributed by atoms with Crippen molar-refractivity contribution in [3.05, 3.63) is 65.5 Å². The molecule has 2 N–H and O–H groups in total. The molecule has 2 aromatic rings. The minimum absolute atomic E-state index is 0. The first-order valence-electron chi connectivity index (χ1n) is 8.01. The van der Waals surface area contributed by atoms with Gasteiger partial charge in [-0.3, -0.25) is 4.79 Å². The van der Waals surface area contributed by atoms with Gasteiger partial charge < -0.3 is 10.6 Å². The quantitative estimate of drug-likeness (QED) is 0.854. The van der Waals surface area contributed by atoms with Gasteiger partial charge in [-0.2, -0.15) is 0 Å². The predicted molar refractivity (Wildman–Crippen MR) is 96.8 cm³/mol. The highest BCUT2D eigenvalue weighted by atomic mass is 35.5. The number of nitrogens with zero attached hydrogens (tertiary/aromatic N) is 1. The molecule has 0 bridgehead atoms. The molecule has 1 aliphatic heterocycles. The molecule has 5 heteroatoms. The second-order valence-electron chi connectivity index (χ2n) is 6.19. The van der Waals surface area contributed by atoms with Crippen molar-refractivity contribution in [1.29, 1.82) is 0 Å². The van der Waals surface area contributed by atoms with Crippen LogP contribution in [0.1, 0.15) is 28.8 Å². The first-order valence-corrected chi connectivity index (χ1v) is 8.01. The largest absolute Gasteiger partial charge is 0.399 e. The molecule has 1 saturated heterocycles. The van der Waals surface area contributed by atoms with Gasteiger partial charge in [-0.1, -0.05) is 12.1 Å². The fraction of sp³-hybridized carbons (Fsp3) is 0.316. The standard InChI is InChI=1S/C19H21FN2O.ClH/c20-17-3-1-2-15(13-17)12-14-8-10-22(11-9-14)19(23)16-4-6-18(21)7-5-16;/h1-7,13-14H,8-12,21H2;1H. The molecular weight excluding hydrogens is 327 g/mol. The molecule has 1 heterocycles. The molecule has 3 nitrogen and oxygen atoms in total. The molecule has 0 spiro atoms. The summed E-state index contributed by atoms with van der Waals surface area (Å²) in [6.45, 7) is 1.51. The van der Waals surface area contributed by atoms with Crippen molar-refractivity contribution in [1.82, 2.24) is 4.90 Å². The Morgan fingerprint density at radius 2 is 1.79 bits per heavy atom. The van der Waals surface area contributed by atoms with Crippen molar-refractivity contribution in [2.45, 2.75) is 19.3 Å². The van der Waals surface area contributed by atoms with Gasteiger partial charge in [-0.25, -0.2) is 4.39 Å². The second-order valence-corrected chi connectivity index (χ2v) is 6.19. The van der Waals surface area contributed by atoms with Gasteiger partial charge in [0.2, 0.25) is 0 Å². The zero-order chi connectivity index (χ0) is 16.2. The molecule has 0 saturated carbocycles. The lowest BCUT2D eigenvalue weighted by Crippen LogP contribution is -2.38. The lowest BCUT2D eigenvalue weighted by atomic mass is 9.90. The number of nitrogens with two attached hydrogens (primary N) is 1. The van der Waals surface area contributed by atoms with E-state index in [0.717, 1.165) is 37.9 Å². The Kier molecular flexibility index (Phi) is 6.21. The lowest BCUT2D eigenvalue weighted by Gasteiger charge is -2.32. The van der Waals surface area contributed by atoms with Crippen molar-refractivity contribution < 1.29 is 9.18 Å². The molecule has 24 heavy (non-hydrogen) atoms. The van der Waals surface area contributed by atoms with Crippen LogP contribution in [-0.2, 0) is 6.42 Å². The topological polar surface area (TPSA) is 46.3 Å². The number of amides is 1. The molecule has 1 aliphatic rings. The van der Waals surface area contributed by atoms with Gasteiger partial charge in [-0.15, -0.1) is 12.4 Å². The van der Waals surface area contributed by atoms with Crippen LogP contribution in [0.2, 0.25) is 0 Å². The van der Waals surface area contributed by atoms with E-state index in [1.54, 1.807) is 36.4 Å². The highest BCUT2D eigenvalue weighted by Gasteiger charge is 2.23. The summed E-state index contributed by atoms with van der Waals surface area (Å²) in [5.74, 6) is 0.389. The Hall–Kier alpha value is -2.07. The van der Waals surface area contributed by atoms with E-state index < -0.39 is 0 Å². The molecule has 0 radical (unpaired) electrons. The van der Waals surface area contributed by atoms with Crippen LogP contribution in [0, 0.1) is 11.7 Å². The summed E-state index contributed by atoms with van der Waals surface area (Å²) < 4.78 is 13.2. The zero-order valence-corrected chi connectivity index (χ0v) is 14.3. The number of hydrogen-bond acceptors (Lipinski definition) is 2. The average Bonchev–Trinajstić information content (AvgIpc) is 2.56. The Bertz CT molecular complexity index is 682. The van der Waals surface area contributed by atoms with Crippen molar-refractivity contribution >= 4 is 24.0 Å². The summed E-state index contributed by atoms with van der Waals surface area (Å²) in [6.07, 6.45) is 2.79. The smallest absolute Gasteiger partial charge is 0.253 e. The summed E-state index contributed by atoms with van der Waals surface area (Å²) in [4.78, 5) is 14.4. The number of piperidine rings is 1. The number of nitrogen functional groups attached to an aromatic ring is 1. The van der Waals surface area contributed by atoms with Gasteiger partial charge in [-0.05, 0) is 67.1 Å². The Morgan fingerprint density at radius 1 is 1.12 bits per heavy atom. The maximum Gasteiger partial charge on any atom is 0.253 e. The summed E-state index contributed by atoms with van der Waals surface area (Å²) >= 11 is 0. The fourth-order valence-corrected chi connectivity index (χ4v) is 3.15. The number of likely N-dealkylation sites (tertiary alicyclic amines) is 1. The molecule has 1 fully saturated rings. The summed E-state index contributed by atoms with van der Waals surface area (Å²) in [7, 11) is 0. The first kappa shape index (κ1) is 18.3. The molecule has 1 amide bonds. The van der Waals surface area contributed by atoms with E-state index in [9.17, 15) is 9.18 Å². The summed E-state index contributed by atoms with van der Waals surface area (Å²) in [5, 5.41) is 0. The monoisotopic (exact) mass is 348 g/mol. The number of rotatable bonds is 3. The normalized spacial score (nSPS) is 15.0. The number of carbonyl (C=O) groups excluding carboxylic acids is 1. The van der Waals surface area contributed by atoms with Crippen LogP contribution in [0.3, 0.4) is 0 Å². The molecule has 0 aliphatic carbocycles. The highest BCUT2D eigenvalue weighted by Crippen LogP contribution is 2.23. The van der Waals surface area contributed by atoms with Crippen LogP contribution in [-0.4, -0.2) is 23.9 Å². The molecule has 0 aromatic heterocycles. The number of benzene rings is 2. The molecule has 0 unspecified atom stereocenters. The van der Waals surface area contributed by atoms with Crippen LogP contribution in [0.15, 0.2) is 48.5 Å². The number of carbonyl (C=O) groups is 1. The van der Waals surface area contributed by atoms with E-state index in [0.29, 0.717) is 17.2 Å². The number of halogens is 2. The maximum absolute atomic E-state index is 13.2. The van der Waals surface area contributed by atoms with Crippen LogP contribution < -0.4 is 5.73 Å². The van der Waals surface area contributed by atoms with Crippen molar-refractivity contribution in [3.63, 3.8) is 0 Å². The van der Waals surface area contributed by atoms with Crippen molar-refractivity contribution in [2.24, 2.45) is 5.92 Å². The lowest BCUT2D eigenvalue weighted by molar-refractivity contribution is 0.0690. The van der Waals surface area contributed by atoms with Gasteiger partial charge in [0.15, 0.2) is 0 Å². The fourth-order valence-electron chi connectivity index (χ4n) is 3.15. The first-order chi connectivity index (χ1) is 11.1. The minimum Gasteiger partial charge on any atom is -0.399 e. The second kappa shape index (κ2) is 8.15. The van der Waals surface area contributed by atoms with E-state index in [1.807, 2.05) is 11.0 Å². The average molecular weight is 349 g/mol. The van der Waals surface area contributed by atoms with Crippen LogP contribution in [0.5, 0.6) is 0 Å². The Balaban J connectivity index is 0.00000208. The summed E-state index contributed by atoms with van der Waals surface area (Å²) in [6, 6.07) is 13.9. The number of anilines is 1. The third kappa shape index (κ3) is 4.48. The molecular formula is C19H22ClFN2O. The van der Waals surface area contributed by atoms with Gasteiger partial charge in [0.1, 0.15) is 5.82 Å². The van der Waals surface area contributed by atoms with E-state index in [2.05, 4.69) is 0 Å². The van der Waals surface area contributed by atoms with E-state index >= 15 is 0 Å².